The van der Waals surface area contributed by atoms with Crippen molar-refractivity contribution in [3.8, 4) is 11.5 Å². The van der Waals surface area contributed by atoms with E-state index >= 15 is 0 Å². The Kier molecular flexibility index (Phi) is 4.96. The standard InChI is InChI=1S/C13H10INO6S/c1-21-8-3-6(2-7(14)11(8)18)4-9-12(19)15(5-10(16)17)13(20)22-9/h2-4,18H,5H2,1H3,(H,16,17)/b9-4-. The number of hydrogen-bond donors (Lipinski definition) is 2. The molecule has 0 spiro atoms. The third-order valence-corrected chi connectivity index (χ3v) is 4.47. The quantitative estimate of drug-likeness (QED) is 0.552. The summed E-state index contributed by atoms with van der Waals surface area (Å²) < 4.78 is 5.54. The van der Waals surface area contributed by atoms with Gasteiger partial charge >= 0.3 is 5.97 Å². The average molecular weight is 435 g/mol. The number of ether oxygens (including phenoxy) is 1. The number of benzene rings is 1. The van der Waals surface area contributed by atoms with Gasteiger partial charge in [0.15, 0.2) is 11.5 Å². The molecule has 7 nitrogen and oxygen atoms in total. The van der Waals surface area contributed by atoms with E-state index in [0.29, 0.717) is 25.8 Å². The van der Waals surface area contributed by atoms with Gasteiger partial charge in [0.05, 0.1) is 15.6 Å². The highest BCUT2D eigenvalue weighted by Gasteiger charge is 2.36. The van der Waals surface area contributed by atoms with Crippen molar-refractivity contribution in [2.45, 2.75) is 0 Å². The van der Waals surface area contributed by atoms with Crippen molar-refractivity contribution in [1.82, 2.24) is 4.90 Å². The number of carboxylic acids is 1. The maximum absolute atomic E-state index is 12.0. The Morgan fingerprint density at radius 3 is 2.73 bits per heavy atom. The summed E-state index contributed by atoms with van der Waals surface area (Å²) in [6.07, 6.45) is 1.46. The fourth-order valence-electron chi connectivity index (χ4n) is 1.76. The summed E-state index contributed by atoms with van der Waals surface area (Å²) >= 11 is 2.58. The smallest absolute Gasteiger partial charge is 0.323 e. The zero-order valence-corrected chi connectivity index (χ0v) is 14.2. The number of hydrogen-bond acceptors (Lipinski definition) is 6. The van der Waals surface area contributed by atoms with Gasteiger partial charge in [-0.2, -0.15) is 0 Å². The van der Waals surface area contributed by atoms with Gasteiger partial charge in [0.25, 0.3) is 11.1 Å². The number of carbonyl (C=O) groups excluding carboxylic acids is 2. The van der Waals surface area contributed by atoms with Gasteiger partial charge in [-0.05, 0) is 58.1 Å². The van der Waals surface area contributed by atoms with Crippen LogP contribution in [0, 0.1) is 3.57 Å². The molecule has 0 aromatic heterocycles. The van der Waals surface area contributed by atoms with Crippen LogP contribution in [-0.2, 0) is 9.59 Å². The summed E-state index contributed by atoms with van der Waals surface area (Å²) in [7, 11) is 1.40. The minimum Gasteiger partial charge on any atom is -0.504 e. The first-order valence-corrected chi connectivity index (χ1v) is 7.76. The highest BCUT2D eigenvalue weighted by atomic mass is 127. The molecular formula is C13H10INO6S. The number of carboxylic acid groups (broad SMARTS) is 1. The molecule has 2 amide bonds. The fraction of sp³-hybridized carbons (Fsp3) is 0.154. The Labute approximate surface area is 143 Å². The molecule has 0 radical (unpaired) electrons. The third-order valence-electron chi connectivity index (χ3n) is 2.74. The molecule has 2 rings (SSSR count). The summed E-state index contributed by atoms with van der Waals surface area (Å²) in [5.74, 6) is -1.69. The molecule has 9 heteroatoms. The van der Waals surface area contributed by atoms with Crippen LogP contribution in [0.15, 0.2) is 17.0 Å². The molecule has 1 aromatic rings. The van der Waals surface area contributed by atoms with E-state index < -0.39 is 23.7 Å². The minimum atomic E-state index is -1.26. The first kappa shape index (κ1) is 16.6. The van der Waals surface area contributed by atoms with Crippen LogP contribution in [-0.4, -0.2) is 45.9 Å². The Bertz CT molecular complexity index is 702. The van der Waals surface area contributed by atoms with E-state index in [1.807, 2.05) is 22.6 Å². The van der Waals surface area contributed by atoms with Crippen molar-refractivity contribution in [2.24, 2.45) is 0 Å². The molecule has 0 aliphatic carbocycles. The zero-order valence-electron chi connectivity index (χ0n) is 11.2. The first-order valence-electron chi connectivity index (χ1n) is 5.87. The van der Waals surface area contributed by atoms with Crippen molar-refractivity contribution in [3.63, 3.8) is 0 Å². The molecule has 1 aliphatic heterocycles. The van der Waals surface area contributed by atoms with E-state index in [0.717, 1.165) is 0 Å². The number of rotatable bonds is 4. The predicted octanol–water partition coefficient (Wildman–Crippen LogP) is 2.13. The number of imide groups is 1. The van der Waals surface area contributed by atoms with Crippen molar-refractivity contribution in [2.75, 3.05) is 13.7 Å². The number of phenolic OH excluding ortho intramolecular Hbond substituents is 1. The number of phenols is 1. The van der Waals surface area contributed by atoms with E-state index in [1.54, 1.807) is 6.07 Å². The van der Waals surface area contributed by atoms with Crippen LogP contribution < -0.4 is 4.74 Å². The number of amides is 2. The lowest BCUT2D eigenvalue weighted by Crippen LogP contribution is -2.33. The molecule has 0 atom stereocenters. The van der Waals surface area contributed by atoms with Gasteiger partial charge < -0.3 is 14.9 Å². The van der Waals surface area contributed by atoms with Crippen molar-refractivity contribution in [1.29, 1.82) is 0 Å². The SMILES string of the molecule is COc1cc(/C=C2\SC(=O)N(CC(=O)O)C2=O)cc(I)c1O. The highest BCUT2D eigenvalue weighted by Crippen LogP contribution is 2.36. The lowest BCUT2D eigenvalue weighted by Gasteiger charge is -2.08. The molecule has 1 aliphatic rings. The van der Waals surface area contributed by atoms with E-state index in [4.69, 9.17) is 9.84 Å². The predicted molar refractivity (Wildman–Crippen MR) is 87.7 cm³/mol. The number of thioether (sulfide) groups is 1. The number of aromatic hydroxyl groups is 1. The van der Waals surface area contributed by atoms with E-state index in [-0.39, 0.29) is 16.4 Å². The van der Waals surface area contributed by atoms with Gasteiger partial charge in [-0.3, -0.25) is 19.3 Å². The molecule has 116 valence electrons. The van der Waals surface area contributed by atoms with E-state index in [2.05, 4.69) is 0 Å². The Morgan fingerprint density at radius 1 is 1.45 bits per heavy atom. The van der Waals surface area contributed by atoms with E-state index in [9.17, 15) is 19.5 Å². The van der Waals surface area contributed by atoms with Gasteiger partial charge in [0, 0.05) is 0 Å². The van der Waals surface area contributed by atoms with Crippen LogP contribution >= 0.6 is 34.4 Å². The molecule has 1 heterocycles. The van der Waals surface area contributed by atoms with E-state index in [1.165, 1.54) is 19.3 Å². The van der Waals surface area contributed by atoms with Gasteiger partial charge in [-0.25, -0.2) is 0 Å². The molecule has 1 saturated heterocycles. The summed E-state index contributed by atoms with van der Waals surface area (Å²) in [6.45, 7) is -0.668. The van der Waals surface area contributed by atoms with Crippen molar-refractivity contribution < 1.29 is 29.3 Å². The number of nitrogens with zero attached hydrogens (tertiary/aromatic N) is 1. The van der Waals surface area contributed by atoms with Crippen LogP contribution in [0.25, 0.3) is 6.08 Å². The van der Waals surface area contributed by atoms with Crippen LogP contribution in [0.2, 0.25) is 0 Å². The van der Waals surface area contributed by atoms with Crippen molar-refractivity contribution >= 4 is 57.5 Å². The lowest BCUT2D eigenvalue weighted by atomic mass is 10.2. The molecule has 0 bridgehead atoms. The summed E-state index contributed by atoms with van der Waals surface area (Å²) in [5.41, 5.74) is 0.555. The number of methoxy groups -OCH3 is 1. The molecular weight excluding hydrogens is 425 g/mol. The number of carbonyl (C=O) groups is 3. The molecule has 22 heavy (non-hydrogen) atoms. The Hall–Kier alpha value is -1.75. The number of halogens is 1. The van der Waals surface area contributed by atoms with Gasteiger partial charge in [0.2, 0.25) is 0 Å². The van der Waals surface area contributed by atoms with Gasteiger partial charge in [-0.1, -0.05) is 0 Å². The van der Waals surface area contributed by atoms with Gasteiger partial charge in [0.1, 0.15) is 6.54 Å². The summed E-state index contributed by atoms with van der Waals surface area (Å²) in [4.78, 5) is 35.1. The van der Waals surface area contributed by atoms with Crippen molar-refractivity contribution in [3.05, 3.63) is 26.2 Å². The average Bonchev–Trinajstić information content (AvgIpc) is 2.70. The summed E-state index contributed by atoms with van der Waals surface area (Å²) in [5, 5.41) is 17.8. The number of aliphatic carboxylic acids is 1. The highest BCUT2D eigenvalue weighted by molar-refractivity contribution is 14.1. The van der Waals surface area contributed by atoms with Crippen LogP contribution in [0.5, 0.6) is 11.5 Å². The molecule has 2 N–H and O–H groups in total. The normalized spacial score (nSPS) is 16.5. The Balaban J connectivity index is 2.34. The van der Waals surface area contributed by atoms with Crippen LogP contribution in [0.1, 0.15) is 5.56 Å². The summed E-state index contributed by atoms with van der Waals surface area (Å²) in [6, 6.07) is 3.13. The van der Waals surface area contributed by atoms with Crippen LogP contribution in [0.4, 0.5) is 4.79 Å². The second-order valence-corrected chi connectivity index (χ2v) is 6.37. The fourth-order valence-corrected chi connectivity index (χ4v) is 3.22. The van der Waals surface area contributed by atoms with Gasteiger partial charge in [-0.15, -0.1) is 0 Å². The minimum absolute atomic E-state index is 0.0146. The molecule has 0 unspecified atom stereocenters. The maximum Gasteiger partial charge on any atom is 0.323 e. The topological polar surface area (TPSA) is 104 Å². The molecule has 1 fully saturated rings. The molecule has 0 saturated carbocycles. The third kappa shape index (κ3) is 3.35. The Morgan fingerprint density at radius 2 is 2.14 bits per heavy atom. The second-order valence-electron chi connectivity index (χ2n) is 4.22. The van der Waals surface area contributed by atoms with Crippen LogP contribution in [0.3, 0.4) is 0 Å². The zero-order chi connectivity index (χ0) is 16.4. The second kappa shape index (κ2) is 6.57. The monoisotopic (exact) mass is 435 g/mol. The first-order chi connectivity index (χ1) is 10.3. The lowest BCUT2D eigenvalue weighted by molar-refractivity contribution is -0.140. The molecule has 1 aromatic carbocycles. The largest absolute Gasteiger partial charge is 0.504 e. The maximum atomic E-state index is 12.0.